The van der Waals surface area contributed by atoms with Gasteiger partial charge in [0, 0.05) is 18.2 Å². The molecule has 96 valence electrons. The van der Waals surface area contributed by atoms with Gasteiger partial charge in [-0.05, 0) is 44.7 Å². The van der Waals surface area contributed by atoms with Crippen LogP contribution in [0.2, 0.25) is 0 Å². The molecule has 1 unspecified atom stereocenters. The summed E-state index contributed by atoms with van der Waals surface area (Å²) in [6.45, 7) is 4.95. The average Bonchev–Trinajstić information content (AvgIpc) is 2.28. The lowest BCUT2D eigenvalue weighted by molar-refractivity contribution is 0.265. The van der Waals surface area contributed by atoms with E-state index in [4.69, 9.17) is 15.6 Å². The Morgan fingerprint density at radius 3 is 2.71 bits per heavy atom. The fraction of sp³-hybridized carbons (Fsp3) is 0.571. The van der Waals surface area contributed by atoms with Gasteiger partial charge in [0.1, 0.15) is 5.75 Å². The van der Waals surface area contributed by atoms with Crippen LogP contribution in [0.3, 0.4) is 0 Å². The first-order valence-corrected chi connectivity index (χ1v) is 6.25. The molecule has 0 aliphatic heterocycles. The first-order valence-electron chi connectivity index (χ1n) is 6.25. The van der Waals surface area contributed by atoms with Gasteiger partial charge in [0.25, 0.3) is 0 Å². The van der Waals surface area contributed by atoms with Gasteiger partial charge >= 0.3 is 0 Å². The van der Waals surface area contributed by atoms with E-state index in [2.05, 4.69) is 6.07 Å². The van der Waals surface area contributed by atoms with Crippen LogP contribution >= 0.6 is 0 Å². The molecule has 0 amide bonds. The van der Waals surface area contributed by atoms with E-state index in [0.29, 0.717) is 6.61 Å². The minimum atomic E-state index is -0.0111. The van der Waals surface area contributed by atoms with E-state index in [0.717, 1.165) is 30.6 Å². The molecule has 0 aliphatic carbocycles. The highest BCUT2D eigenvalue weighted by Crippen LogP contribution is 2.25. The third-order valence-corrected chi connectivity index (χ3v) is 2.72. The normalized spacial score (nSPS) is 12.5. The molecule has 0 fully saturated rings. The monoisotopic (exact) mass is 237 g/mol. The summed E-state index contributed by atoms with van der Waals surface area (Å²) in [5.74, 6) is 0.893. The lowest BCUT2D eigenvalue weighted by Gasteiger charge is -2.14. The van der Waals surface area contributed by atoms with Gasteiger partial charge in [0.15, 0.2) is 0 Å². The zero-order valence-electron chi connectivity index (χ0n) is 10.8. The Morgan fingerprint density at radius 2 is 2.06 bits per heavy atom. The van der Waals surface area contributed by atoms with E-state index in [1.54, 1.807) is 0 Å². The van der Waals surface area contributed by atoms with Crippen molar-refractivity contribution in [2.24, 2.45) is 5.73 Å². The van der Waals surface area contributed by atoms with Crippen molar-refractivity contribution in [1.29, 1.82) is 0 Å². The summed E-state index contributed by atoms with van der Waals surface area (Å²) < 4.78 is 5.76. The van der Waals surface area contributed by atoms with Crippen molar-refractivity contribution in [3.05, 3.63) is 29.3 Å². The topological polar surface area (TPSA) is 55.5 Å². The summed E-state index contributed by atoms with van der Waals surface area (Å²) in [5, 5.41) is 8.68. The number of nitrogens with two attached hydrogens (primary N) is 1. The molecule has 0 aromatic heterocycles. The van der Waals surface area contributed by atoms with Crippen molar-refractivity contribution < 1.29 is 9.84 Å². The van der Waals surface area contributed by atoms with Gasteiger partial charge in [-0.25, -0.2) is 0 Å². The number of unbranched alkanes of at least 4 members (excludes halogenated alkanes) is 2. The lowest BCUT2D eigenvalue weighted by atomic mass is 10.1. The number of rotatable bonds is 7. The molecule has 0 bridgehead atoms. The van der Waals surface area contributed by atoms with Crippen LogP contribution in [0.5, 0.6) is 5.75 Å². The largest absolute Gasteiger partial charge is 0.493 e. The van der Waals surface area contributed by atoms with E-state index >= 15 is 0 Å². The van der Waals surface area contributed by atoms with Crippen LogP contribution < -0.4 is 10.5 Å². The fourth-order valence-corrected chi connectivity index (χ4v) is 1.72. The Balaban J connectivity index is 2.53. The van der Waals surface area contributed by atoms with Crippen molar-refractivity contribution in [2.45, 2.75) is 39.2 Å². The molecule has 0 saturated heterocycles. The van der Waals surface area contributed by atoms with Gasteiger partial charge < -0.3 is 15.6 Å². The Labute approximate surface area is 104 Å². The molecule has 1 aromatic carbocycles. The molecule has 0 aliphatic rings. The van der Waals surface area contributed by atoms with E-state index < -0.39 is 0 Å². The zero-order valence-corrected chi connectivity index (χ0v) is 10.8. The second-order valence-corrected chi connectivity index (χ2v) is 4.46. The molecule has 3 heteroatoms. The predicted molar refractivity (Wildman–Crippen MR) is 70.2 cm³/mol. The molecular weight excluding hydrogens is 214 g/mol. The number of ether oxygens (including phenoxy) is 1. The van der Waals surface area contributed by atoms with E-state index in [1.807, 2.05) is 26.0 Å². The van der Waals surface area contributed by atoms with Crippen LogP contribution in [0.15, 0.2) is 18.2 Å². The Bertz CT molecular complexity index is 337. The van der Waals surface area contributed by atoms with Crippen LogP contribution in [0.4, 0.5) is 0 Å². The first kappa shape index (κ1) is 14.0. The minimum absolute atomic E-state index is 0.0111. The molecule has 0 radical (unpaired) electrons. The van der Waals surface area contributed by atoms with Crippen LogP contribution in [-0.4, -0.2) is 18.3 Å². The van der Waals surface area contributed by atoms with Crippen molar-refractivity contribution in [3.63, 3.8) is 0 Å². The summed E-state index contributed by atoms with van der Waals surface area (Å²) in [5.41, 5.74) is 8.14. The van der Waals surface area contributed by atoms with Crippen LogP contribution in [-0.2, 0) is 0 Å². The maximum absolute atomic E-state index is 8.68. The maximum atomic E-state index is 8.68. The van der Waals surface area contributed by atoms with E-state index in [9.17, 15) is 0 Å². The Morgan fingerprint density at radius 1 is 1.29 bits per heavy atom. The molecule has 0 saturated carbocycles. The lowest BCUT2D eigenvalue weighted by Crippen LogP contribution is -2.09. The fourth-order valence-electron chi connectivity index (χ4n) is 1.72. The SMILES string of the molecule is Cc1ccc(C(C)N)c(OCCCCCO)c1. The highest BCUT2D eigenvalue weighted by atomic mass is 16.5. The minimum Gasteiger partial charge on any atom is -0.493 e. The third kappa shape index (κ3) is 4.75. The third-order valence-electron chi connectivity index (χ3n) is 2.72. The molecule has 0 spiro atoms. The standard InChI is InChI=1S/C14H23NO2/c1-11-6-7-13(12(2)15)14(10-11)17-9-5-3-4-8-16/h6-7,10,12,16H,3-5,8-9,15H2,1-2H3. The van der Waals surface area contributed by atoms with Crippen LogP contribution in [0, 0.1) is 6.92 Å². The van der Waals surface area contributed by atoms with E-state index in [1.165, 1.54) is 5.56 Å². The second-order valence-electron chi connectivity index (χ2n) is 4.46. The number of benzene rings is 1. The molecule has 1 atom stereocenters. The highest BCUT2D eigenvalue weighted by Gasteiger charge is 2.07. The maximum Gasteiger partial charge on any atom is 0.124 e. The van der Waals surface area contributed by atoms with Gasteiger partial charge in [-0.1, -0.05) is 12.1 Å². The number of aliphatic hydroxyl groups excluding tert-OH is 1. The Hall–Kier alpha value is -1.06. The quantitative estimate of drug-likeness (QED) is 0.717. The van der Waals surface area contributed by atoms with Gasteiger partial charge in [0.2, 0.25) is 0 Å². The summed E-state index contributed by atoms with van der Waals surface area (Å²) in [4.78, 5) is 0. The first-order chi connectivity index (χ1) is 8.15. The Kier molecular flexibility index (Phi) is 6.01. The molecule has 1 aromatic rings. The summed E-state index contributed by atoms with van der Waals surface area (Å²) in [6.07, 6.45) is 2.81. The van der Waals surface area contributed by atoms with Gasteiger partial charge in [-0.2, -0.15) is 0 Å². The second kappa shape index (κ2) is 7.30. The van der Waals surface area contributed by atoms with Gasteiger partial charge in [0.05, 0.1) is 6.61 Å². The average molecular weight is 237 g/mol. The molecule has 3 nitrogen and oxygen atoms in total. The van der Waals surface area contributed by atoms with Crippen molar-refractivity contribution >= 4 is 0 Å². The van der Waals surface area contributed by atoms with Crippen molar-refractivity contribution in [2.75, 3.05) is 13.2 Å². The predicted octanol–water partition coefficient (Wildman–Crippen LogP) is 2.56. The van der Waals surface area contributed by atoms with E-state index in [-0.39, 0.29) is 12.6 Å². The smallest absolute Gasteiger partial charge is 0.124 e. The number of hydrogen-bond donors (Lipinski definition) is 2. The summed E-state index contributed by atoms with van der Waals surface area (Å²) in [7, 11) is 0. The molecule has 0 heterocycles. The number of hydrogen-bond acceptors (Lipinski definition) is 3. The highest BCUT2D eigenvalue weighted by molar-refractivity contribution is 5.38. The number of aliphatic hydroxyl groups is 1. The van der Waals surface area contributed by atoms with Crippen LogP contribution in [0.25, 0.3) is 0 Å². The van der Waals surface area contributed by atoms with Gasteiger partial charge in [-0.15, -0.1) is 0 Å². The van der Waals surface area contributed by atoms with Crippen molar-refractivity contribution in [3.8, 4) is 5.75 Å². The zero-order chi connectivity index (χ0) is 12.7. The molecule has 3 N–H and O–H groups in total. The van der Waals surface area contributed by atoms with Crippen molar-refractivity contribution in [1.82, 2.24) is 0 Å². The molecule has 17 heavy (non-hydrogen) atoms. The van der Waals surface area contributed by atoms with Crippen LogP contribution in [0.1, 0.15) is 43.4 Å². The molecule has 1 rings (SSSR count). The summed E-state index contributed by atoms with van der Waals surface area (Å²) >= 11 is 0. The van der Waals surface area contributed by atoms with Gasteiger partial charge in [-0.3, -0.25) is 0 Å². The summed E-state index contributed by atoms with van der Waals surface area (Å²) in [6, 6.07) is 6.11. The number of aryl methyl sites for hydroxylation is 1. The molecular formula is C14H23NO2.